The molecule has 2 aromatic carbocycles. The summed E-state index contributed by atoms with van der Waals surface area (Å²) in [6.07, 6.45) is 1.32. The topological polar surface area (TPSA) is 87.0 Å². The van der Waals surface area contributed by atoms with Crippen molar-refractivity contribution < 1.29 is 21.4 Å². The van der Waals surface area contributed by atoms with Crippen molar-refractivity contribution in [3.05, 3.63) is 60.4 Å². The lowest BCUT2D eigenvalue weighted by Gasteiger charge is -2.08. The average molecular weight is 338 g/mol. The molecule has 7 nitrogen and oxygen atoms in total. The van der Waals surface area contributed by atoms with Crippen LogP contribution in [0, 0.1) is 11.6 Å². The quantitative estimate of drug-likeness (QED) is 0.673. The van der Waals surface area contributed by atoms with Crippen molar-refractivity contribution in [3.63, 3.8) is 0 Å². The monoisotopic (exact) mass is 338 g/mol. The summed E-state index contributed by atoms with van der Waals surface area (Å²) in [7, 11) is -4.38. The van der Waals surface area contributed by atoms with Crippen molar-refractivity contribution in [1.82, 2.24) is 20.2 Å². The molecule has 0 radical (unpaired) electrons. The molecule has 0 saturated carbocycles. The molecule has 3 rings (SSSR count). The van der Waals surface area contributed by atoms with Crippen molar-refractivity contribution in [2.75, 3.05) is 0 Å². The molecule has 0 aliphatic rings. The first-order chi connectivity index (χ1) is 10.9. The maximum Gasteiger partial charge on any atom is 0.339 e. The van der Waals surface area contributed by atoms with Gasteiger partial charge >= 0.3 is 10.1 Å². The highest BCUT2D eigenvalue weighted by Gasteiger charge is 2.19. The zero-order valence-electron chi connectivity index (χ0n) is 11.3. The Hall–Kier alpha value is -2.88. The molecule has 0 aliphatic carbocycles. The van der Waals surface area contributed by atoms with Crippen LogP contribution in [0.25, 0.3) is 5.69 Å². The maximum absolute atomic E-state index is 13.2. The van der Waals surface area contributed by atoms with Gasteiger partial charge in [0.15, 0.2) is 0 Å². The van der Waals surface area contributed by atoms with E-state index in [0.29, 0.717) is 23.9 Å². The Morgan fingerprint density at radius 2 is 1.78 bits per heavy atom. The van der Waals surface area contributed by atoms with Crippen LogP contribution >= 0.6 is 0 Å². The maximum atomic E-state index is 13.2. The van der Waals surface area contributed by atoms with E-state index in [4.69, 9.17) is 4.18 Å². The van der Waals surface area contributed by atoms with E-state index in [1.807, 2.05) is 0 Å². The second-order valence-electron chi connectivity index (χ2n) is 4.39. The molecule has 0 amide bonds. The summed E-state index contributed by atoms with van der Waals surface area (Å²) in [5.41, 5.74) is 0.452. The summed E-state index contributed by atoms with van der Waals surface area (Å²) >= 11 is 0. The molecule has 118 valence electrons. The summed E-state index contributed by atoms with van der Waals surface area (Å²) in [5, 5.41) is 10.6. The summed E-state index contributed by atoms with van der Waals surface area (Å²) in [6.45, 7) is 0. The van der Waals surface area contributed by atoms with Gasteiger partial charge in [-0.25, -0.2) is 13.5 Å². The first kappa shape index (κ1) is 15.0. The zero-order chi connectivity index (χ0) is 16.4. The Kier molecular flexibility index (Phi) is 3.74. The number of nitrogens with zero attached hydrogens (tertiary/aromatic N) is 4. The van der Waals surface area contributed by atoms with Crippen LogP contribution in [-0.4, -0.2) is 28.6 Å². The standard InChI is InChI=1S/C13H8F2N4O3S/c14-9-4-10(15)6-13(5-9)23(20,21)22-12-3-1-2-11(7-12)19-8-16-17-18-19/h1-8H. The van der Waals surface area contributed by atoms with Gasteiger partial charge in [0, 0.05) is 12.1 Å². The van der Waals surface area contributed by atoms with E-state index in [-0.39, 0.29) is 5.75 Å². The van der Waals surface area contributed by atoms with Gasteiger partial charge < -0.3 is 4.18 Å². The molecule has 0 spiro atoms. The van der Waals surface area contributed by atoms with Crippen molar-refractivity contribution in [2.45, 2.75) is 4.90 Å². The molecular weight excluding hydrogens is 330 g/mol. The van der Waals surface area contributed by atoms with E-state index >= 15 is 0 Å². The van der Waals surface area contributed by atoms with Gasteiger partial charge in [-0.1, -0.05) is 6.07 Å². The van der Waals surface area contributed by atoms with Gasteiger partial charge in [-0.15, -0.1) is 5.10 Å². The highest BCUT2D eigenvalue weighted by molar-refractivity contribution is 7.87. The van der Waals surface area contributed by atoms with Gasteiger partial charge in [-0.3, -0.25) is 0 Å². The largest absolute Gasteiger partial charge is 0.379 e. The normalized spacial score (nSPS) is 11.4. The summed E-state index contributed by atoms with van der Waals surface area (Å²) < 4.78 is 56.7. The Bertz CT molecular complexity index is 925. The zero-order valence-corrected chi connectivity index (χ0v) is 12.1. The number of tetrazole rings is 1. The highest BCUT2D eigenvalue weighted by Crippen LogP contribution is 2.22. The molecule has 10 heteroatoms. The Morgan fingerprint density at radius 1 is 1.04 bits per heavy atom. The Balaban J connectivity index is 1.93. The molecule has 0 N–H and O–H groups in total. The molecule has 0 fully saturated rings. The van der Waals surface area contributed by atoms with Crippen molar-refractivity contribution in [2.24, 2.45) is 0 Å². The molecule has 1 aromatic heterocycles. The van der Waals surface area contributed by atoms with Crippen molar-refractivity contribution in [3.8, 4) is 11.4 Å². The lowest BCUT2D eigenvalue weighted by Crippen LogP contribution is -2.11. The second-order valence-corrected chi connectivity index (χ2v) is 5.94. The predicted octanol–water partition coefficient (Wildman–Crippen LogP) is 1.71. The fourth-order valence-corrected chi connectivity index (χ4v) is 2.77. The molecule has 23 heavy (non-hydrogen) atoms. The molecular formula is C13H8F2N4O3S. The van der Waals surface area contributed by atoms with E-state index in [1.54, 1.807) is 6.07 Å². The molecule has 0 atom stereocenters. The van der Waals surface area contributed by atoms with Crippen LogP contribution in [0.15, 0.2) is 53.7 Å². The Labute approximate surface area is 129 Å². The Morgan fingerprint density at radius 3 is 2.43 bits per heavy atom. The fourth-order valence-electron chi connectivity index (χ4n) is 1.81. The first-order valence-electron chi connectivity index (χ1n) is 6.18. The third kappa shape index (κ3) is 3.31. The number of hydrogen-bond donors (Lipinski definition) is 0. The molecule has 0 saturated heterocycles. The summed E-state index contributed by atoms with van der Waals surface area (Å²) in [6, 6.07) is 7.79. The molecule has 3 aromatic rings. The van der Waals surface area contributed by atoms with E-state index in [9.17, 15) is 17.2 Å². The first-order valence-corrected chi connectivity index (χ1v) is 7.59. The number of aromatic nitrogens is 4. The van der Waals surface area contributed by atoms with E-state index in [0.717, 1.165) is 0 Å². The second kappa shape index (κ2) is 5.72. The lowest BCUT2D eigenvalue weighted by molar-refractivity contribution is 0.482. The van der Waals surface area contributed by atoms with Gasteiger partial charge in [-0.05, 0) is 34.7 Å². The third-order valence-electron chi connectivity index (χ3n) is 2.76. The van der Waals surface area contributed by atoms with Crippen LogP contribution in [-0.2, 0) is 10.1 Å². The summed E-state index contributed by atoms with van der Waals surface area (Å²) in [5.74, 6) is -2.09. The average Bonchev–Trinajstić information content (AvgIpc) is 3.00. The summed E-state index contributed by atoms with van der Waals surface area (Å²) in [4.78, 5) is -0.622. The van der Waals surface area contributed by atoms with Gasteiger partial charge in [0.05, 0.1) is 5.69 Å². The minimum absolute atomic E-state index is 0.0531. The van der Waals surface area contributed by atoms with Crippen LogP contribution in [0.4, 0.5) is 8.78 Å². The van der Waals surface area contributed by atoms with Crippen LogP contribution in [0.5, 0.6) is 5.75 Å². The number of benzene rings is 2. The molecule has 0 aliphatic heterocycles. The number of halogens is 2. The smallest absolute Gasteiger partial charge is 0.339 e. The van der Waals surface area contributed by atoms with Crippen LogP contribution in [0.3, 0.4) is 0 Å². The number of rotatable bonds is 4. The van der Waals surface area contributed by atoms with Gasteiger partial charge in [0.2, 0.25) is 0 Å². The van der Waals surface area contributed by atoms with Gasteiger partial charge in [-0.2, -0.15) is 8.42 Å². The van der Waals surface area contributed by atoms with Crippen LogP contribution < -0.4 is 4.18 Å². The third-order valence-corrected chi connectivity index (χ3v) is 3.99. The molecule has 0 unspecified atom stereocenters. The van der Waals surface area contributed by atoms with Crippen molar-refractivity contribution in [1.29, 1.82) is 0 Å². The SMILES string of the molecule is O=S(=O)(Oc1cccc(-n2cnnn2)c1)c1cc(F)cc(F)c1. The molecule has 0 bridgehead atoms. The van der Waals surface area contributed by atoms with E-state index in [2.05, 4.69) is 15.5 Å². The van der Waals surface area contributed by atoms with E-state index in [1.165, 1.54) is 29.2 Å². The van der Waals surface area contributed by atoms with E-state index < -0.39 is 26.6 Å². The highest BCUT2D eigenvalue weighted by atomic mass is 32.2. The minimum Gasteiger partial charge on any atom is -0.379 e. The predicted molar refractivity (Wildman–Crippen MR) is 73.3 cm³/mol. The van der Waals surface area contributed by atoms with Crippen LogP contribution in [0.1, 0.15) is 0 Å². The van der Waals surface area contributed by atoms with Gasteiger partial charge in [0.25, 0.3) is 0 Å². The molecule has 1 heterocycles. The number of hydrogen-bond acceptors (Lipinski definition) is 6. The fraction of sp³-hybridized carbons (Fsp3) is 0. The van der Waals surface area contributed by atoms with Gasteiger partial charge in [0.1, 0.15) is 28.6 Å². The van der Waals surface area contributed by atoms with Crippen molar-refractivity contribution >= 4 is 10.1 Å². The lowest BCUT2D eigenvalue weighted by atomic mass is 10.3. The van der Waals surface area contributed by atoms with Crippen LogP contribution in [0.2, 0.25) is 0 Å². The minimum atomic E-state index is -4.38.